The molecule has 21 heavy (non-hydrogen) atoms. The fourth-order valence-corrected chi connectivity index (χ4v) is 2.16. The molecular formula is C14H21N7. The SMILES string of the molecule is CCCNc1nc(NCC2CC2C)nc(-n2cccn2)n1. The molecule has 2 atom stereocenters. The van der Waals surface area contributed by atoms with Crippen molar-refractivity contribution in [3.8, 4) is 5.95 Å². The van der Waals surface area contributed by atoms with Gasteiger partial charge in [-0.2, -0.15) is 20.1 Å². The van der Waals surface area contributed by atoms with Crippen LogP contribution in [0.15, 0.2) is 18.5 Å². The normalized spacial score (nSPS) is 20.3. The molecule has 1 fully saturated rings. The molecule has 2 N–H and O–H groups in total. The molecule has 7 nitrogen and oxygen atoms in total. The molecule has 1 saturated carbocycles. The van der Waals surface area contributed by atoms with Crippen LogP contribution in [0.5, 0.6) is 0 Å². The van der Waals surface area contributed by atoms with Crippen LogP contribution in [0.25, 0.3) is 5.95 Å². The monoisotopic (exact) mass is 287 g/mol. The predicted octanol–water partition coefficient (Wildman–Crippen LogP) is 1.95. The largest absolute Gasteiger partial charge is 0.354 e. The maximum absolute atomic E-state index is 4.44. The lowest BCUT2D eigenvalue weighted by Crippen LogP contribution is -2.14. The van der Waals surface area contributed by atoms with Gasteiger partial charge in [0.25, 0.3) is 5.95 Å². The van der Waals surface area contributed by atoms with Crippen molar-refractivity contribution < 1.29 is 0 Å². The Kier molecular flexibility index (Phi) is 3.98. The molecule has 0 radical (unpaired) electrons. The third-order valence-electron chi connectivity index (χ3n) is 3.66. The summed E-state index contributed by atoms with van der Waals surface area (Å²) in [6, 6.07) is 1.85. The fourth-order valence-electron chi connectivity index (χ4n) is 2.16. The van der Waals surface area contributed by atoms with E-state index in [1.807, 2.05) is 12.3 Å². The molecule has 7 heteroatoms. The van der Waals surface area contributed by atoms with E-state index in [2.05, 4.69) is 44.5 Å². The van der Waals surface area contributed by atoms with Crippen LogP contribution in [0, 0.1) is 11.8 Å². The zero-order chi connectivity index (χ0) is 14.7. The van der Waals surface area contributed by atoms with Gasteiger partial charge in [0, 0.05) is 25.5 Å². The first kappa shape index (κ1) is 13.8. The number of nitrogens with one attached hydrogen (secondary N) is 2. The van der Waals surface area contributed by atoms with Gasteiger partial charge >= 0.3 is 0 Å². The highest BCUT2D eigenvalue weighted by Gasteiger charge is 2.32. The Labute approximate surface area is 124 Å². The minimum Gasteiger partial charge on any atom is -0.354 e. The molecule has 0 amide bonds. The van der Waals surface area contributed by atoms with Gasteiger partial charge in [0.2, 0.25) is 11.9 Å². The summed E-state index contributed by atoms with van der Waals surface area (Å²) in [6.07, 6.45) is 5.84. The summed E-state index contributed by atoms with van der Waals surface area (Å²) in [5, 5.41) is 10.7. The molecule has 0 saturated heterocycles. The minimum absolute atomic E-state index is 0.528. The first-order chi connectivity index (χ1) is 10.3. The Morgan fingerprint density at radius 3 is 2.62 bits per heavy atom. The van der Waals surface area contributed by atoms with E-state index in [1.54, 1.807) is 10.9 Å². The van der Waals surface area contributed by atoms with Gasteiger partial charge in [-0.15, -0.1) is 0 Å². The standard InChI is InChI=1S/C14H21N7/c1-3-5-15-12-18-13(16-9-11-8-10(11)2)20-14(19-12)21-7-4-6-17-21/h4,6-7,10-11H,3,5,8-9H2,1-2H3,(H2,15,16,18,19,20). The van der Waals surface area contributed by atoms with Gasteiger partial charge in [-0.1, -0.05) is 13.8 Å². The maximum atomic E-state index is 4.44. The molecule has 0 spiro atoms. The number of anilines is 2. The van der Waals surface area contributed by atoms with Crippen LogP contribution in [0.1, 0.15) is 26.7 Å². The summed E-state index contributed by atoms with van der Waals surface area (Å²) >= 11 is 0. The van der Waals surface area contributed by atoms with Crippen LogP contribution in [0.3, 0.4) is 0 Å². The highest BCUT2D eigenvalue weighted by atomic mass is 15.4. The van der Waals surface area contributed by atoms with Crippen molar-refractivity contribution >= 4 is 11.9 Å². The predicted molar refractivity (Wildman–Crippen MR) is 81.5 cm³/mol. The first-order valence-corrected chi connectivity index (χ1v) is 7.50. The lowest BCUT2D eigenvalue weighted by Gasteiger charge is -2.09. The number of hydrogen-bond donors (Lipinski definition) is 2. The summed E-state index contributed by atoms with van der Waals surface area (Å²) in [5.74, 6) is 3.27. The second-order valence-electron chi connectivity index (χ2n) is 5.51. The van der Waals surface area contributed by atoms with Crippen molar-refractivity contribution in [3.05, 3.63) is 18.5 Å². The average molecular weight is 287 g/mol. The van der Waals surface area contributed by atoms with Gasteiger partial charge in [-0.3, -0.25) is 0 Å². The van der Waals surface area contributed by atoms with E-state index in [1.165, 1.54) is 6.42 Å². The molecule has 2 aromatic heterocycles. The Balaban J connectivity index is 1.78. The van der Waals surface area contributed by atoms with E-state index >= 15 is 0 Å². The molecule has 2 unspecified atom stereocenters. The van der Waals surface area contributed by atoms with Crippen LogP contribution < -0.4 is 10.6 Å². The average Bonchev–Trinajstić information content (AvgIpc) is 2.98. The molecule has 112 valence electrons. The van der Waals surface area contributed by atoms with E-state index in [4.69, 9.17) is 0 Å². The van der Waals surface area contributed by atoms with Crippen LogP contribution in [-0.2, 0) is 0 Å². The summed E-state index contributed by atoms with van der Waals surface area (Å²) in [6.45, 7) is 6.12. The number of aromatic nitrogens is 5. The number of nitrogens with zero attached hydrogens (tertiary/aromatic N) is 5. The maximum Gasteiger partial charge on any atom is 0.257 e. The Morgan fingerprint density at radius 2 is 2.00 bits per heavy atom. The molecular weight excluding hydrogens is 266 g/mol. The van der Waals surface area contributed by atoms with Gasteiger partial charge in [-0.25, -0.2) is 4.68 Å². The van der Waals surface area contributed by atoms with E-state index in [-0.39, 0.29) is 0 Å². The van der Waals surface area contributed by atoms with E-state index < -0.39 is 0 Å². The van der Waals surface area contributed by atoms with Gasteiger partial charge in [-0.05, 0) is 30.7 Å². The smallest absolute Gasteiger partial charge is 0.257 e. The van der Waals surface area contributed by atoms with Crippen molar-refractivity contribution in [2.45, 2.75) is 26.7 Å². The van der Waals surface area contributed by atoms with Crippen LogP contribution in [0.2, 0.25) is 0 Å². The first-order valence-electron chi connectivity index (χ1n) is 7.50. The summed E-state index contributed by atoms with van der Waals surface area (Å²) in [5.41, 5.74) is 0. The van der Waals surface area contributed by atoms with Gasteiger partial charge in [0.15, 0.2) is 0 Å². The molecule has 0 bridgehead atoms. The van der Waals surface area contributed by atoms with E-state index in [0.717, 1.165) is 31.3 Å². The molecule has 0 aliphatic heterocycles. The second kappa shape index (κ2) is 6.07. The Hall–Kier alpha value is -2.18. The van der Waals surface area contributed by atoms with Crippen LogP contribution >= 0.6 is 0 Å². The number of hydrogen-bond acceptors (Lipinski definition) is 6. The van der Waals surface area contributed by atoms with E-state index in [9.17, 15) is 0 Å². The summed E-state index contributed by atoms with van der Waals surface area (Å²) in [7, 11) is 0. The molecule has 3 rings (SSSR count). The van der Waals surface area contributed by atoms with Crippen molar-refractivity contribution in [1.82, 2.24) is 24.7 Å². The van der Waals surface area contributed by atoms with E-state index in [0.29, 0.717) is 17.8 Å². The molecule has 1 aliphatic carbocycles. The minimum atomic E-state index is 0.528. The topological polar surface area (TPSA) is 80.5 Å². The molecule has 1 aliphatic rings. The molecule has 2 aromatic rings. The summed E-state index contributed by atoms with van der Waals surface area (Å²) in [4.78, 5) is 13.3. The molecule has 2 heterocycles. The second-order valence-corrected chi connectivity index (χ2v) is 5.51. The van der Waals surface area contributed by atoms with Crippen molar-refractivity contribution in [3.63, 3.8) is 0 Å². The van der Waals surface area contributed by atoms with Crippen LogP contribution in [-0.4, -0.2) is 37.8 Å². The summed E-state index contributed by atoms with van der Waals surface area (Å²) < 4.78 is 1.64. The fraction of sp³-hybridized carbons (Fsp3) is 0.571. The third-order valence-corrected chi connectivity index (χ3v) is 3.66. The lowest BCUT2D eigenvalue weighted by atomic mass is 10.3. The third kappa shape index (κ3) is 3.48. The quantitative estimate of drug-likeness (QED) is 0.810. The van der Waals surface area contributed by atoms with Gasteiger partial charge < -0.3 is 10.6 Å². The lowest BCUT2D eigenvalue weighted by molar-refractivity contribution is 0.765. The number of rotatable bonds is 7. The van der Waals surface area contributed by atoms with Crippen LogP contribution in [0.4, 0.5) is 11.9 Å². The Morgan fingerprint density at radius 1 is 1.24 bits per heavy atom. The van der Waals surface area contributed by atoms with Crippen molar-refractivity contribution in [1.29, 1.82) is 0 Å². The Bertz CT molecular complexity index is 581. The van der Waals surface area contributed by atoms with Crippen molar-refractivity contribution in [2.75, 3.05) is 23.7 Å². The zero-order valence-corrected chi connectivity index (χ0v) is 12.5. The highest BCUT2D eigenvalue weighted by molar-refractivity contribution is 5.37. The zero-order valence-electron chi connectivity index (χ0n) is 12.5. The molecule has 0 aromatic carbocycles. The highest BCUT2D eigenvalue weighted by Crippen LogP contribution is 2.37. The van der Waals surface area contributed by atoms with Crippen molar-refractivity contribution in [2.24, 2.45) is 11.8 Å². The van der Waals surface area contributed by atoms with Gasteiger partial charge in [0.1, 0.15) is 0 Å². The van der Waals surface area contributed by atoms with Gasteiger partial charge in [0.05, 0.1) is 0 Å².